The van der Waals surface area contributed by atoms with Crippen molar-refractivity contribution in [3.05, 3.63) is 18.2 Å². The molecule has 1 aromatic rings. The fraction of sp³-hybridized carbons (Fsp3) is 0.667. The fourth-order valence-electron chi connectivity index (χ4n) is 5.36. The quantitative estimate of drug-likeness (QED) is 0.362. The topological polar surface area (TPSA) is 64.1 Å². The van der Waals surface area contributed by atoms with Crippen molar-refractivity contribution < 1.29 is 14.2 Å². The van der Waals surface area contributed by atoms with Crippen LogP contribution in [0.15, 0.2) is 23.2 Å². The van der Waals surface area contributed by atoms with Gasteiger partial charge < -0.3 is 24.8 Å². The Morgan fingerprint density at radius 3 is 2.75 bits per heavy atom. The van der Waals surface area contributed by atoms with Crippen molar-refractivity contribution in [1.29, 1.82) is 0 Å². The molecule has 1 spiro atoms. The predicted octanol–water partition coefficient (Wildman–Crippen LogP) is 4.05. The van der Waals surface area contributed by atoms with Crippen LogP contribution in [-0.2, 0) is 4.74 Å². The van der Waals surface area contributed by atoms with Crippen LogP contribution >= 0.6 is 24.0 Å². The van der Waals surface area contributed by atoms with E-state index < -0.39 is 0 Å². The zero-order chi connectivity index (χ0) is 18.9. The first kappa shape index (κ1) is 21.5. The van der Waals surface area contributed by atoms with Crippen LogP contribution < -0.4 is 20.1 Å². The highest BCUT2D eigenvalue weighted by atomic mass is 127. The molecule has 0 radical (unpaired) electrons. The summed E-state index contributed by atoms with van der Waals surface area (Å²) in [7, 11) is 3.48. The SMILES string of the molecule is CCOc1ccc(NC(=NC)NC2C3CCOC3C23CCCC3)cc1OC.I. The molecule has 2 aliphatic carbocycles. The first-order valence-corrected chi connectivity index (χ1v) is 10.1. The minimum absolute atomic E-state index is 0. The summed E-state index contributed by atoms with van der Waals surface area (Å²) in [5, 5.41) is 7.14. The van der Waals surface area contributed by atoms with Gasteiger partial charge in [-0.15, -0.1) is 24.0 Å². The van der Waals surface area contributed by atoms with Gasteiger partial charge in [0.25, 0.3) is 0 Å². The van der Waals surface area contributed by atoms with E-state index in [1.165, 1.54) is 25.7 Å². The molecular weight excluding hydrogens is 469 g/mol. The second-order valence-electron chi connectivity index (χ2n) is 7.80. The second-order valence-corrected chi connectivity index (χ2v) is 7.80. The molecular formula is C21H32IN3O3. The van der Waals surface area contributed by atoms with Crippen LogP contribution in [-0.4, -0.2) is 45.5 Å². The monoisotopic (exact) mass is 501 g/mol. The number of aliphatic imine (C=N–C) groups is 1. The molecule has 2 saturated carbocycles. The number of nitrogens with zero attached hydrogens (tertiary/aromatic N) is 1. The van der Waals surface area contributed by atoms with Gasteiger partial charge in [-0.1, -0.05) is 12.8 Å². The molecule has 0 aromatic heterocycles. The number of methoxy groups -OCH3 is 1. The minimum atomic E-state index is 0. The Hall–Kier alpha value is -1.22. The number of nitrogens with one attached hydrogen (secondary N) is 2. The Bertz CT molecular complexity index is 706. The van der Waals surface area contributed by atoms with E-state index in [-0.39, 0.29) is 24.0 Å². The van der Waals surface area contributed by atoms with Gasteiger partial charge >= 0.3 is 0 Å². The number of halogens is 1. The highest BCUT2D eigenvalue weighted by Crippen LogP contribution is 2.60. The molecule has 3 fully saturated rings. The van der Waals surface area contributed by atoms with Gasteiger partial charge in [0.15, 0.2) is 17.5 Å². The van der Waals surface area contributed by atoms with Gasteiger partial charge in [-0.2, -0.15) is 0 Å². The summed E-state index contributed by atoms with van der Waals surface area (Å²) < 4.78 is 17.2. The third-order valence-electron chi connectivity index (χ3n) is 6.53. The maximum absolute atomic E-state index is 6.09. The molecule has 0 amide bonds. The molecule has 3 unspecified atom stereocenters. The standard InChI is InChI=1S/C21H31N3O3.HI/c1-4-26-16-8-7-14(13-17(16)25-3)23-20(22-2)24-18-15-9-12-27-19(15)21(18)10-5-6-11-21;/h7-8,13,15,18-19H,4-6,9-12H2,1-3H3,(H2,22,23,24);1H. The number of benzene rings is 1. The highest BCUT2D eigenvalue weighted by molar-refractivity contribution is 14.0. The van der Waals surface area contributed by atoms with E-state index in [1.807, 2.05) is 32.2 Å². The fourth-order valence-corrected chi connectivity index (χ4v) is 5.36. The number of hydrogen-bond acceptors (Lipinski definition) is 4. The van der Waals surface area contributed by atoms with Crippen LogP contribution in [0.4, 0.5) is 5.69 Å². The second kappa shape index (κ2) is 9.07. The number of anilines is 1. The summed E-state index contributed by atoms with van der Waals surface area (Å²) in [6, 6.07) is 6.32. The summed E-state index contributed by atoms with van der Waals surface area (Å²) in [6.07, 6.45) is 6.75. The lowest BCUT2D eigenvalue weighted by molar-refractivity contribution is -0.124. The Labute approximate surface area is 184 Å². The molecule has 1 heterocycles. The average molecular weight is 501 g/mol. The molecule has 1 aliphatic heterocycles. The summed E-state index contributed by atoms with van der Waals surface area (Å²) in [5.74, 6) is 2.89. The molecule has 4 rings (SSSR count). The van der Waals surface area contributed by atoms with Crippen LogP contribution in [0.5, 0.6) is 11.5 Å². The molecule has 156 valence electrons. The van der Waals surface area contributed by atoms with E-state index >= 15 is 0 Å². The molecule has 0 bridgehead atoms. The van der Waals surface area contributed by atoms with Crippen molar-refractivity contribution in [2.24, 2.45) is 16.3 Å². The van der Waals surface area contributed by atoms with Gasteiger partial charge in [0.1, 0.15) is 0 Å². The smallest absolute Gasteiger partial charge is 0.195 e. The summed E-state index contributed by atoms with van der Waals surface area (Å²) in [4.78, 5) is 4.47. The molecule has 3 aliphatic rings. The Kier molecular flexibility index (Phi) is 6.96. The van der Waals surface area contributed by atoms with E-state index in [0.29, 0.717) is 30.1 Å². The first-order chi connectivity index (χ1) is 13.2. The largest absolute Gasteiger partial charge is 0.493 e. The lowest BCUT2D eigenvalue weighted by Crippen LogP contribution is -2.68. The van der Waals surface area contributed by atoms with Crippen molar-refractivity contribution in [3.8, 4) is 11.5 Å². The van der Waals surface area contributed by atoms with Crippen LogP contribution in [0.2, 0.25) is 0 Å². The van der Waals surface area contributed by atoms with Crippen molar-refractivity contribution in [1.82, 2.24) is 5.32 Å². The molecule has 6 nitrogen and oxygen atoms in total. The van der Waals surface area contributed by atoms with E-state index in [9.17, 15) is 0 Å². The Morgan fingerprint density at radius 2 is 2.07 bits per heavy atom. The Morgan fingerprint density at radius 1 is 1.29 bits per heavy atom. The zero-order valence-corrected chi connectivity index (χ0v) is 19.3. The summed E-state index contributed by atoms with van der Waals surface area (Å²) in [6.45, 7) is 3.48. The highest BCUT2D eigenvalue weighted by Gasteiger charge is 2.65. The lowest BCUT2D eigenvalue weighted by Gasteiger charge is -2.57. The first-order valence-electron chi connectivity index (χ1n) is 10.1. The lowest BCUT2D eigenvalue weighted by atomic mass is 9.54. The maximum Gasteiger partial charge on any atom is 0.195 e. The van der Waals surface area contributed by atoms with Crippen molar-refractivity contribution >= 4 is 35.6 Å². The van der Waals surface area contributed by atoms with E-state index in [1.54, 1.807) is 7.11 Å². The molecule has 7 heteroatoms. The average Bonchev–Trinajstić information content (AvgIpc) is 3.35. The minimum Gasteiger partial charge on any atom is -0.493 e. The van der Waals surface area contributed by atoms with Crippen molar-refractivity contribution in [3.63, 3.8) is 0 Å². The van der Waals surface area contributed by atoms with Gasteiger partial charge in [0.05, 0.1) is 19.8 Å². The molecule has 1 aromatic carbocycles. The van der Waals surface area contributed by atoms with Crippen LogP contribution in [0.1, 0.15) is 39.0 Å². The van der Waals surface area contributed by atoms with Crippen LogP contribution in [0.25, 0.3) is 0 Å². The van der Waals surface area contributed by atoms with Crippen molar-refractivity contribution in [2.45, 2.75) is 51.2 Å². The van der Waals surface area contributed by atoms with E-state index in [2.05, 4.69) is 15.6 Å². The number of rotatable bonds is 5. The molecule has 3 atom stereocenters. The van der Waals surface area contributed by atoms with Gasteiger partial charge in [-0.25, -0.2) is 0 Å². The summed E-state index contributed by atoms with van der Waals surface area (Å²) in [5.41, 5.74) is 1.23. The third-order valence-corrected chi connectivity index (χ3v) is 6.53. The number of fused-ring (bicyclic) bond motifs is 2. The number of ether oxygens (including phenoxy) is 3. The van der Waals surface area contributed by atoms with Gasteiger partial charge in [-0.05, 0) is 38.3 Å². The molecule has 2 N–H and O–H groups in total. The Balaban J connectivity index is 0.00000225. The molecule has 1 saturated heterocycles. The zero-order valence-electron chi connectivity index (χ0n) is 17.0. The maximum atomic E-state index is 6.09. The van der Waals surface area contributed by atoms with Crippen LogP contribution in [0, 0.1) is 11.3 Å². The number of guanidine groups is 1. The summed E-state index contributed by atoms with van der Waals surface area (Å²) >= 11 is 0. The van der Waals surface area contributed by atoms with Crippen molar-refractivity contribution in [2.75, 3.05) is 32.7 Å². The predicted molar refractivity (Wildman–Crippen MR) is 122 cm³/mol. The van der Waals surface area contributed by atoms with E-state index in [0.717, 1.165) is 36.2 Å². The van der Waals surface area contributed by atoms with Gasteiger partial charge in [0.2, 0.25) is 0 Å². The van der Waals surface area contributed by atoms with E-state index in [4.69, 9.17) is 14.2 Å². The van der Waals surface area contributed by atoms with Gasteiger partial charge in [0, 0.05) is 42.8 Å². The normalized spacial score (nSPS) is 27.5. The number of hydrogen-bond donors (Lipinski definition) is 2. The molecule has 28 heavy (non-hydrogen) atoms. The van der Waals surface area contributed by atoms with Crippen LogP contribution in [0.3, 0.4) is 0 Å². The third kappa shape index (κ3) is 3.67. The van der Waals surface area contributed by atoms with Gasteiger partial charge in [-0.3, -0.25) is 4.99 Å².